The van der Waals surface area contributed by atoms with Crippen LogP contribution >= 0.6 is 15.9 Å². The van der Waals surface area contributed by atoms with Crippen molar-refractivity contribution in [2.45, 2.75) is 45.1 Å². The second kappa shape index (κ2) is 8.04. The Hall–Kier alpha value is -0.740. The van der Waals surface area contributed by atoms with Crippen LogP contribution in [-0.2, 0) is 0 Å². The Morgan fingerprint density at radius 1 is 1.14 bits per heavy atom. The van der Waals surface area contributed by atoms with E-state index in [2.05, 4.69) is 34.2 Å². The molecule has 0 aliphatic heterocycles. The molecule has 1 N–H and O–H groups in total. The highest BCUT2D eigenvalue weighted by Gasteiger charge is 2.27. The summed E-state index contributed by atoms with van der Waals surface area (Å²) in [5.74, 6) is 2.27. The van der Waals surface area contributed by atoms with E-state index in [4.69, 9.17) is 9.47 Å². The normalized spacial score (nSPS) is 17.5. The van der Waals surface area contributed by atoms with Gasteiger partial charge in [0.1, 0.15) is 0 Å². The van der Waals surface area contributed by atoms with E-state index >= 15 is 0 Å². The molecule has 118 valence electrons. The fraction of sp³-hybridized carbons (Fsp3) is 0.647. The van der Waals surface area contributed by atoms with Crippen LogP contribution in [0.2, 0.25) is 0 Å². The number of benzene rings is 1. The maximum Gasteiger partial charge on any atom is 0.161 e. The molecule has 0 heterocycles. The molecule has 4 heteroatoms. The quantitative estimate of drug-likeness (QED) is 0.802. The number of rotatable bonds is 6. The predicted molar refractivity (Wildman–Crippen MR) is 90.2 cm³/mol. The Bertz CT molecular complexity index is 458. The first-order chi connectivity index (χ1) is 10.2. The first-order valence-electron chi connectivity index (χ1n) is 7.86. The minimum absolute atomic E-state index is 0.379. The average Bonchev–Trinajstić information content (AvgIpc) is 2.53. The molecule has 0 saturated heterocycles. The van der Waals surface area contributed by atoms with Gasteiger partial charge >= 0.3 is 0 Å². The molecule has 0 bridgehead atoms. The molecule has 1 aromatic rings. The van der Waals surface area contributed by atoms with E-state index in [0.717, 1.165) is 22.5 Å². The molecule has 21 heavy (non-hydrogen) atoms. The Balaban J connectivity index is 2.34. The van der Waals surface area contributed by atoms with E-state index in [1.54, 1.807) is 14.2 Å². The smallest absolute Gasteiger partial charge is 0.161 e. The number of hydrogen-bond donors (Lipinski definition) is 1. The summed E-state index contributed by atoms with van der Waals surface area (Å²) in [6.07, 6.45) is 6.67. The van der Waals surface area contributed by atoms with Crippen LogP contribution in [0.15, 0.2) is 16.6 Å². The fourth-order valence-electron chi connectivity index (χ4n) is 3.33. The molecule has 0 radical (unpaired) electrons. The summed E-state index contributed by atoms with van der Waals surface area (Å²) in [4.78, 5) is 0. The van der Waals surface area contributed by atoms with Crippen LogP contribution in [0.1, 0.15) is 50.6 Å². The second-order valence-corrected chi connectivity index (χ2v) is 6.52. The molecule has 1 aliphatic carbocycles. The van der Waals surface area contributed by atoms with Crippen LogP contribution in [0.4, 0.5) is 0 Å². The predicted octanol–water partition coefficient (Wildman–Crippen LogP) is 4.70. The molecule has 0 spiro atoms. The lowest BCUT2D eigenvalue weighted by Gasteiger charge is -2.32. The van der Waals surface area contributed by atoms with E-state index in [0.29, 0.717) is 12.0 Å². The minimum Gasteiger partial charge on any atom is -0.493 e. The Morgan fingerprint density at radius 2 is 1.76 bits per heavy atom. The lowest BCUT2D eigenvalue weighted by molar-refractivity contribution is 0.272. The van der Waals surface area contributed by atoms with Crippen molar-refractivity contribution >= 4 is 15.9 Å². The molecule has 0 aromatic heterocycles. The lowest BCUT2D eigenvalue weighted by Crippen LogP contribution is -2.30. The molecule has 1 aromatic carbocycles. The van der Waals surface area contributed by atoms with E-state index in [9.17, 15) is 0 Å². The summed E-state index contributed by atoms with van der Waals surface area (Å²) in [5.41, 5.74) is 1.28. The van der Waals surface area contributed by atoms with Gasteiger partial charge in [0, 0.05) is 10.5 Å². The molecule has 1 saturated carbocycles. The van der Waals surface area contributed by atoms with Gasteiger partial charge in [-0.15, -0.1) is 0 Å². The van der Waals surface area contributed by atoms with E-state index in [-0.39, 0.29) is 0 Å². The fourth-order valence-corrected chi connectivity index (χ4v) is 3.90. The number of hydrogen-bond acceptors (Lipinski definition) is 3. The van der Waals surface area contributed by atoms with Crippen molar-refractivity contribution in [1.82, 2.24) is 5.32 Å². The zero-order valence-electron chi connectivity index (χ0n) is 13.2. The Labute approximate surface area is 136 Å². The zero-order chi connectivity index (χ0) is 15.2. The molecule has 1 atom stereocenters. The maximum absolute atomic E-state index is 5.47. The second-order valence-electron chi connectivity index (χ2n) is 5.66. The van der Waals surface area contributed by atoms with Gasteiger partial charge in [-0.1, -0.05) is 42.1 Å². The van der Waals surface area contributed by atoms with Crippen LogP contribution in [0.3, 0.4) is 0 Å². The standard InChI is InChI=1S/C17H26BrNO2/c1-4-19-17(12-8-6-5-7-9-12)13-10-15(20-2)16(21-3)11-14(13)18/h10-12,17,19H,4-9H2,1-3H3. The van der Waals surface area contributed by atoms with Crippen molar-refractivity contribution in [3.05, 3.63) is 22.2 Å². The molecule has 1 aliphatic rings. The highest BCUT2D eigenvalue weighted by molar-refractivity contribution is 9.10. The third-order valence-corrected chi connectivity index (χ3v) is 5.07. The zero-order valence-corrected chi connectivity index (χ0v) is 14.8. The van der Waals surface area contributed by atoms with Crippen LogP contribution < -0.4 is 14.8 Å². The molecule has 1 fully saturated rings. The van der Waals surface area contributed by atoms with E-state index < -0.39 is 0 Å². The van der Waals surface area contributed by atoms with E-state index in [1.165, 1.54) is 37.7 Å². The average molecular weight is 356 g/mol. The third kappa shape index (κ3) is 3.92. The van der Waals surface area contributed by atoms with Crippen LogP contribution in [0, 0.1) is 5.92 Å². The topological polar surface area (TPSA) is 30.5 Å². The first-order valence-corrected chi connectivity index (χ1v) is 8.65. The van der Waals surface area contributed by atoms with Crippen LogP contribution in [0.25, 0.3) is 0 Å². The lowest BCUT2D eigenvalue weighted by atomic mass is 9.81. The SMILES string of the molecule is CCNC(c1cc(OC)c(OC)cc1Br)C1CCCCC1. The van der Waals surface area contributed by atoms with Crippen molar-refractivity contribution in [3.8, 4) is 11.5 Å². The van der Waals surface area contributed by atoms with Gasteiger partial charge < -0.3 is 14.8 Å². The molecule has 2 rings (SSSR count). The van der Waals surface area contributed by atoms with Crippen molar-refractivity contribution in [1.29, 1.82) is 0 Å². The highest BCUT2D eigenvalue weighted by atomic mass is 79.9. The van der Waals surface area contributed by atoms with Gasteiger partial charge in [-0.25, -0.2) is 0 Å². The summed E-state index contributed by atoms with van der Waals surface area (Å²) >= 11 is 3.71. The summed E-state index contributed by atoms with van der Waals surface area (Å²) in [6.45, 7) is 3.15. The van der Waals surface area contributed by atoms with Gasteiger partial charge in [0.05, 0.1) is 14.2 Å². The van der Waals surface area contributed by atoms with E-state index in [1.807, 2.05) is 6.07 Å². The number of nitrogens with one attached hydrogen (secondary N) is 1. The summed E-state index contributed by atoms with van der Waals surface area (Å²) in [5, 5.41) is 3.67. The van der Waals surface area contributed by atoms with Gasteiger partial charge in [-0.2, -0.15) is 0 Å². The number of ether oxygens (including phenoxy) is 2. The summed E-state index contributed by atoms with van der Waals surface area (Å²) < 4.78 is 11.9. The Morgan fingerprint density at radius 3 is 2.33 bits per heavy atom. The third-order valence-electron chi connectivity index (χ3n) is 4.38. The van der Waals surface area contributed by atoms with Gasteiger partial charge in [0.15, 0.2) is 11.5 Å². The van der Waals surface area contributed by atoms with Gasteiger partial charge in [0.25, 0.3) is 0 Å². The van der Waals surface area contributed by atoms with Gasteiger partial charge in [0.2, 0.25) is 0 Å². The minimum atomic E-state index is 0.379. The number of halogens is 1. The van der Waals surface area contributed by atoms with Crippen LogP contribution in [-0.4, -0.2) is 20.8 Å². The van der Waals surface area contributed by atoms with Gasteiger partial charge in [-0.3, -0.25) is 0 Å². The molecular formula is C17H26BrNO2. The van der Waals surface area contributed by atoms with Crippen molar-refractivity contribution in [2.75, 3.05) is 20.8 Å². The molecular weight excluding hydrogens is 330 g/mol. The monoisotopic (exact) mass is 355 g/mol. The van der Waals surface area contributed by atoms with Crippen molar-refractivity contribution in [2.24, 2.45) is 5.92 Å². The first kappa shape index (κ1) is 16.6. The number of methoxy groups -OCH3 is 2. The van der Waals surface area contributed by atoms with Crippen LogP contribution in [0.5, 0.6) is 11.5 Å². The molecule has 3 nitrogen and oxygen atoms in total. The highest BCUT2D eigenvalue weighted by Crippen LogP contribution is 2.41. The summed E-state index contributed by atoms with van der Waals surface area (Å²) in [6, 6.07) is 4.51. The summed E-state index contributed by atoms with van der Waals surface area (Å²) in [7, 11) is 3.37. The largest absolute Gasteiger partial charge is 0.493 e. The Kier molecular flexibility index (Phi) is 6.37. The molecule has 1 unspecified atom stereocenters. The molecule has 0 amide bonds. The van der Waals surface area contributed by atoms with Crippen molar-refractivity contribution < 1.29 is 9.47 Å². The van der Waals surface area contributed by atoms with Gasteiger partial charge in [-0.05, 0) is 43.0 Å². The maximum atomic E-state index is 5.47. The van der Waals surface area contributed by atoms with Crippen molar-refractivity contribution in [3.63, 3.8) is 0 Å².